The van der Waals surface area contributed by atoms with Crippen LogP contribution in [-0.2, 0) is 14.4 Å². The number of hydrogen-bond acceptors (Lipinski definition) is 4. The van der Waals surface area contributed by atoms with Crippen LogP contribution in [0.4, 0.5) is 0 Å². The van der Waals surface area contributed by atoms with E-state index in [4.69, 9.17) is 5.11 Å². The van der Waals surface area contributed by atoms with Crippen LogP contribution in [0.15, 0.2) is 25.3 Å². The topological polar surface area (TPSA) is 90.0 Å². The summed E-state index contributed by atoms with van der Waals surface area (Å²) in [6, 6.07) is -0.811. The molecular weight excluding hydrogens is 274 g/mol. The third-order valence-corrected chi connectivity index (χ3v) is 3.20. The number of hydrogen-bond donors (Lipinski definition) is 2. The second-order valence-electron chi connectivity index (χ2n) is 4.75. The standard InChI is InChI=1S/C14H21N3O4/c1-3-6-16(7-4-2)12(18)10-17-8-5-15-14(21)11(17)9-13(19)20/h3-4,11H,1-2,5-10H2,(H,15,21)(H,19,20). The molecule has 1 saturated heterocycles. The summed E-state index contributed by atoms with van der Waals surface area (Å²) in [6.45, 7) is 8.82. The van der Waals surface area contributed by atoms with Gasteiger partial charge in [0.25, 0.3) is 0 Å². The van der Waals surface area contributed by atoms with Crippen LogP contribution in [0.1, 0.15) is 6.42 Å². The maximum atomic E-state index is 12.2. The Bertz CT molecular complexity index is 426. The van der Waals surface area contributed by atoms with Crippen LogP contribution in [0.3, 0.4) is 0 Å². The highest BCUT2D eigenvalue weighted by molar-refractivity contribution is 5.88. The number of carboxylic acid groups (broad SMARTS) is 1. The van der Waals surface area contributed by atoms with E-state index in [0.29, 0.717) is 26.2 Å². The molecule has 0 aromatic rings. The second-order valence-corrected chi connectivity index (χ2v) is 4.75. The first kappa shape index (κ1) is 16.9. The van der Waals surface area contributed by atoms with E-state index in [-0.39, 0.29) is 24.8 Å². The van der Waals surface area contributed by atoms with Gasteiger partial charge in [0.05, 0.1) is 13.0 Å². The molecule has 2 amide bonds. The molecular formula is C14H21N3O4. The molecule has 0 bridgehead atoms. The largest absolute Gasteiger partial charge is 0.481 e. The van der Waals surface area contributed by atoms with E-state index < -0.39 is 12.0 Å². The maximum Gasteiger partial charge on any atom is 0.305 e. The Morgan fingerprint density at radius 3 is 2.52 bits per heavy atom. The number of carboxylic acids is 1. The molecule has 0 saturated carbocycles. The maximum absolute atomic E-state index is 12.2. The van der Waals surface area contributed by atoms with Crippen LogP contribution in [-0.4, -0.2) is 71.5 Å². The van der Waals surface area contributed by atoms with Crippen molar-refractivity contribution >= 4 is 17.8 Å². The van der Waals surface area contributed by atoms with Gasteiger partial charge in [0.1, 0.15) is 6.04 Å². The number of carbonyl (C=O) groups is 3. The molecule has 1 fully saturated rings. The molecule has 0 aromatic carbocycles. The van der Waals surface area contributed by atoms with Crippen LogP contribution in [0.2, 0.25) is 0 Å². The minimum absolute atomic E-state index is 0.00699. The Morgan fingerprint density at radius 2 is 2.00 bits per heavy atom. The number of carbonyl (C=O) groups excluding carboxylic acids is 2. The molecule has 0 aliphatic carbocycles. The predicted octanol–water partition coefficient (Wildman–Crippen LogP) is -0.538. The van der Waals surface area contributed by atoms with Gasteiger partial charge in [0.2, 0.25) is 11.8 Å². The number of nitrogens with one attached hydrogen (secondary N) is 1. The second kappa shape index (κ2) is 8.21. The molecule has 1 atom stereocenters. The highest BCUT2D eigenvalue weighted by atomic mass is 16.4. The summed E-state index contributed by atoms with van der Waals surface area (Å²) in [5.74, 6) is -1.60. The molecule has 0 aromatic heterocycles. The fourth-order valence-electron chi connectivity index (χ4n) is 2.20. The zero-order valence-corrected chi connectivity index (χ0v) is 12.0. The van der Waals surface area contributed by atoms with Gasteiger partial charge in [-0.25, -0.2) is 0 Å². The molecule has 7 heteroatoms. The molecule has 116 valence electrons. The van der Waals surface area contributed by atoms with Gasteiger partial charge < -0.3 is 15.3 Å². The number of piperazine rings is 1. The fourth-order valence-corrected chi connectivity index (χ4v) is 2.20. The molecule has 1 heterocycles. The van der Waals surface area contributed by atoms with Crippen LogP contribution >= 0.6 is 0 Å². The Balaban J connectivity index is 2.73. The van der Waals surface area contributed by atoms with Crippen molar-refractivity contribution < 1.29 is 19.5 Å². The molecule has 1 unspecified atom stereocenters. The van der Waals surface area contributed by atoms with Crippen molar-refractivity contribution in [2.75, 3.05) is 32.7 Å². The van der Waals surface area contributed by atoms with Gasteiger partial charge in [-0.3, -0.25) is 19.3 Å². The lowest BCUT2D eigenvalue weighted by molar-refractivity contribution is -0.145. The van der Waals surface area contributed by atoms with Crippen molar-refractivity contribution in [3.63, 3.8) is 0 Å². The summed E-state index contributed by atoms with van der Waals surface area (Å²) >= 11 is 0. The summed E-state index contributed by atoms with van der Waals surface area (Å²) in [7, 11) is 0. The van der Waals surface area contributed by atoms with Gasteiger partial charge in [-0.15, -0.1) is 13.2 Å². The first-order chi connectivity index (χ1) is 9.99. The van der Waals surface area contributed by atoms with Crippen LogP contribution < -0.4 is 5.32 Å². The Kier molecular flexibility index (Phi) is 6.61. The number of rotatable bonds is 8. The van der Waals surface area contributed by atoms with E-state index in [1.165, 1.54) is 0 Å². The molecule has 1 aliphatic heterocycles. The van der Waals surface area contributed by atoms with E-state index in [0.717, 1.165) is 0 Å². The van der Waals surface area contributed by atoms with Gasteiger partial charge in [-0.1, -0.05) is 12.2 Å². The molecule has 2 N–H and O–H groups in total. The average Bonchev–Trinajstić information content (AvgIpc) is 2.42. The van der Waals surface area contributed by atoms with Crippen molar-refractivity contribution in [2.45, 2.75) is 12.5 Å². The zero-order chi connectivity index (χ0) is 15.8. The number of nitrogens with zero attached hydrogens (tertiary/aromatic N) is 2. The Hall–Kier alpha value is -2.15. The zero-order valence-electron chi connectivity index (χ0n) is 12.0. The van der Waals surface area contributed by atoms with Gasteiger partial charge in [-0.05, 0) is 0 Å². The lowest BCUT2D eigenvalue weighted by Gasteiger charge is -2.34. The fraction of sp³-hybridized carbons (Fsp3) is 0.500. The quantitative estimate of drug-likeness (QED) is 0.587. The van der Waals surface area contributed by atoms with Gasteiger partial charge >= 0.3 is 5.97 Å². The lowest BCUT2D eigenvalue weighted by atomic mass is 10.1. The molecule has 7 nitrogen and oxygen atoms in total. The van der Waals surface area contributed by atoms with Crippen molar-refractivity contribution in [1.82, 2.24) is 15.1 Å². The van der Waals surface area contributed by atoms with E-state index in [1.807, 2.05) is 0 Å². The van der Waals surface area contributed by atoms with Crippen molar-refractivity contribution in [2.24, 2.45) is 0 Å². The van der Waals surface area contributed by atoms with Crippen LogP contribution in [0.25, 0.3) is 0 Å². The SMILES string of the molecule is C=CCN(CC=C)C(=O)CN1CCNC(=O)C1CC(=O)O. The number of aliphatic carboxylic acids is 1. The summed E-state index contributed by atoms with van der Waals surface area (Å²) in [5, 5.41) is 11.5. The lowest BCUT2D eigenvalue weighted by Crippen LogP contribution is -2.58. The summed E-state index contributed by atoms with van der Waals surface area (Å²) in [6.07, 6.45) is 2.90. The average molecular weight is 295 g/mol. The molecule has 0 spiro atoms. The molecule has 0 radical (unpaired) electrons. The van der Waals surface area contributed by atoms with Gasteiger partial charge in [-0.2, -0.15) is 0 Å². The van der Waals surface area contributed by atoms with E-state index in [9.17, 15) is 14.4 Å². The summed E-state index contributed by atoms with van der Waals surface area (Å²) in [4.78, 5) is 38.0. The third kappa shape index (κ3) is 5.03. The smallest absolute Gasteiger partial charge is 0.305 e. The Labute approximate surface area is 123 Å². The molecule has 21 heavy (non-hydrogen) atoms. The van der Waals surface area contributed by atoms with E-state index in [2.05, 4.69) is 18.5 Å². The normalized spacial score (nSPS) is 18.7. The number of amides is 2. The van der Waals surface area contributed by atoms with Crippen LogP contribution in [0, 0.1) is 0 Å². The predicted molar refractivity (Wildman–Crippen MR) is 77.6 cm³/mol. The monoisotopic (exact) mass is 295 g/mol. The minimum atomic E-state index is -1.07. The first-order valence-electron chi connectivity index (χ1n) is 6.72. The minimum Gasteiger partial charge on any atom is -0.481 e. The molecule has 1 aliphatic rings. The molecule has 1 rings (SSSR count). The van der Waals surface area contributed by atoms with Crippen molar-refractivity contribution in [3.05, 3.63) is 25.3 Å². The van der Waals surface area contributed by atoms with Gasteiger partial charge in [0, 0.05) is 26.2 Å². The summed E-state index contributed by atoms with van der Waals surface area (Å²) < 4.78 is 0. The van der Waals surface area contributed by atoms with Crippen molar-refractivity contribution in [3.8, 4) is 0 Å². The third-order valence-electron chi connectivity index (χ3n) is 3.20. The Morgan fingerprint density at radius 1 is 1.38 bits per heavy atom. The van der Waals surface area contributed by atoms with E-state index >= 15 is 0 Å². The first-order valence-corrected chi connectivity index (χ1v) is 6.72. The van der Waals surface area contributed by atoms with Crippen molar-refractivity contribution in [1.29, 1.82) is 0 Å². The van der Waals surface area contributed by atoms with Gasteiger partial charge in [0.15, 0.2) is 0 Å². The highest BCUT2D eigenvalue weighted by Gasteiger charge is 2.33. The van der Waals surface area contributed by atoms with E-state index in [1.54, 1.807) is 22.0 Å². The highest BCUT2D eigenvalue weighted by Crippen LogP contribution is 2.09. The van der Waals surface area contributed by atoms with Crippen LogP contribution in [0.5, 0.6) is 0 Å². The summed E-state index contributed by atoms with van der Waals surface area (Å²) in [5.41, 5.74) is 0.